The van der Waals surface area contributed by atoms with Crippen molar-refractivity contribution >= 4 is 11.8 Å². The maximum Gasteiger partial charge on any atom is 0.188 e. The summed E-state index contributed by atoms with van der Waals surface area (Å²) in [6.45, 7) is 9.14. The Labute approximate surface area is 161 Å². The predicted molar refractivity (Wildman–Crippen MR) is 108 cm³/mol. The van der Waals surface area contributed by atoms with Gasteiger partial charge in [0.05, 0.1) is 17.6 Å². The fourth-order valence-electron chi connectivity index (χ4n) is 2.76. The maximum absolute atomic E-state index is 5.46. The molecule has 0 aliphatic heterocycles. The number of unbranched alkanes of at least 4 members (excludes halogenated alkanes) is 1. The Morgan fingerprint density at radius 3 is 2.59 bits per heavy atom. The van der Waals surface area contributed by atoms with Gasteiger partial charge in [0.15, 0.2) is 6.79 Å². The van der Waals surface area contributed by atoms with E-state index < -0.39 is 0 Å². The quantitative estimate of drug-likeness (QED) is 0.336. The van der Waals surface area contributed by atoms with Crippen LogP contribution in [0.5, 0.6) is 5.75 Å². The fourth-order valence-corrected chi connectivity index (χ4v) is 2.76. The van der Waals surface area contributed by atoms with Crippen LogP contribution in [0.4, 0.5) is 0 Å². The van der Waals surface area contributed by atoms with Crippen LogP contribution in [0.2, 0.25) is 0 Å². The summed E-state index contributed by atoms with van der Waals surface area (Å²) in [5.74, 6) is 1.81. The first-order valence-corrected chi connectivity index (χ1v) is 9.13. The molecule has 0 radical (unpaired) electrons. The van der Waals surface area contributed by atoms with Crippen LogP contribution in [0.15, 0.2) is 36.0 Å². The zero-order valence-electron chi connectivity index (χ0n) is 16.7. The second kappa shape index (κ2) is 10.5. The minimum atomic E-state index is 0.238. The first-order valence-electron chi connectivity index (χ1n) is 9.13. The van der Waals surface area contributed by atoms with E-state index in [9.17, 15) is 0 Å². The summed E-state index contributed by atoms with van der Waals surface area (Å²) in [6.07, 6.45) is 4.81. The topological polar surface area (TPSA) is 57.9 Å². The average Bonchev–Trinajstić information content (AvgIpc) is 3.01. The van der Waals surface area contributed by atoms with Crippen molar-refractivity contribution in [2.24, 2.45) is 5.16 Å². The van der Waals surface area contributed by atoms with Crippen LogP contribution in [0.25, 0.3) is 5.57 Å². The monoisotopic (exact) mass is 371 g/mol. The predicted octanol–water partition coefficient (Wildman–Crippen LogP) is 4.27. The molecule has 0 amide bonds. The molecule has 0 bridgehead atoms. The van der Waals surface area contributed by atoms with Gasteiger partial charge in [0.1, 0.15) is 18.7 Å². The molecule has 0 atom stereocenters. The minimum Gasteiger partial charge on any atom is -0.468 e. The van der Waals surface area contributed by atoms with Gasteiger partial charge in [-0.1, -0.05) is 37.2 Å². The van der Waals surface area contributed by atoms with Crippen molar-refractivity contribution in [1.82, 2.24) is 9.55 Å². The van der Waals surface area contributed by atoms with E-state index >= 15 is 0 Å². The van der Waals surface area contributed by atoms with Gasteiger partial charge in [0.2, 0.25) is 0 Å². The number of aromatic nitrogens is 2. The first kappa shape index (κ1) is 20.7. The van der Waals surface area contributed by atoms with Crippen molar-refractivity contribution in [2.45, 2.75) is 39.7 Å². The number of allylic oxidation sites excluding steroid dienone is 1. The largest absolute Gasteiger partial charge is 0.468 e. The molecule has 0 fully saturated rings. The highest BCUT2D eigenvalue weighted by Crippen LogP contribution is 2.21. The number of oxime groups is 1. The number of aryl methyl sites for hydroxylation is 1. The fraction of sp³-hybridized carbons (Fsp3) is 0.429. The average molecular weight is 371 g/mol. The standard InChI is InChI=1S/C21H29N3O3/c1-6-7-8-20-23-21(16(2)3)19(13-22-26-5)24(20)14-17-9-11-18(12-10-17)27-15-25-4/h9-13H,2,6-8,14-15H2,1,3-5H3/b22-13+. The van der Waals surface area contributed by atoms with Gasteiger partial charge in [-0.15, -0.1) is 0 Å². The third kappa shape index (κ3) is 5.69. The van der Waals surface area contributed by atoms with Crippen LogP contribution in [0, 0.1) is 0 Å². The van der Waals surface area contributed by atoms with Crippen LogP contribution >= 0.6 is 0 Å². The van der Waals surface area contributed by atoms with Gasteiger partial charge in [-0.2, -0.15) is 0 Å². The molecule has 0 spiro atoms. The first-order chi connectivity index (χ1) is 13.1. The molecule has 146 valence electrons. The molecule has 27 heavy (non-hydrogen) atoms. The van der Waals surface area contributed by atoms with Crippen LogP contribution in [-0.4, -0.2) is 36.8 Å². The van der Waals surface area contributed by atoms with Crippen molar-refractivity contribution in [3.05, 3.63) is 53.6 Å². The normalized spacial score (nSPS) is 11.1. The summed E-state index contributed by atoms with van der Waals surface area (Å²) in [4.78, 5) is 9.73. The molecule has 0 saturated heterocycles. The van der Waals surface area contributed by atoms with E-state index in [2.05, 4.69) is 23.2 Å². The van der Waals surface area contributed by atoms with Gasteiger partial charge in [0, 0.05) is 20.1 Å². The van der Waals surface area contributed by atoms with E-state index in [1.54, 1.807) is 13.3 Å². The Morgan fingerprint density at radius 1 is 1.26 bits per heavy atom. The SMILES string of the molecule is C=C(C)c1nc(CCCC)n(Cc2ccc(OCOC)cc2)c1/C=N/OC. The third-order valence-electron chi connectivity index (χ3n) is 4.13. The molecule has 0 unspecified atom stereocenters. The lowest BCUT2D eigenvalue weighted by Crippen LogP contribution is -2.09. The Balaban J connectivity index is 2.36. The molecule has 6 nitrogen and oxygen atoms in total. The molecule has 1 aromatic carbocycles. The number of imidazole rings is 1. The molecular weight excluding hydrogens is 342 g/mol. The number of methoxy groups -OCH3 is 1. The van der Waals surface area contributed by atoms with Crippen molar-refractivity contribution in [3.63, 3.8) is 0 Å². The van der Waals surface area contributed by atoms with Gasteiger partial charge in [-0.3, -0.25) is 0 Å². The van der Waals surface area contributed by atoms with Gasteiger partial charge in [0.25, 0.3) is 0 Å². The lowest BCUT2D eigenvalue weighted by molar-refractivity contribution is 0.0511. The number of ether oxygens (including phenoxy) is 2. The molecule has 1 heterocycles. The Kier molecular flexibility index (Phi) is 8.07. The summed E-state index contributed by atoms with van der Waals surface area (Å²) in [7, 11) is 3.14. The molecular formula is C21H29N3O3. The summed E-state index contributed by atoms with van der Waals surface area (Å²) < 4.78 is 12.6. The second-order valence-corrected chi connectivity index (χ2v) is 6.34. The molecule has 2 aromatic rings. The van der Waals surface area contributed by atoms with E-state index in [4.69, 9.17) is 19.3 Å². The van der Waals surface area contributed by atoms with Crippen molar-refractivity contribution in [2.75, 3.05) is 21.0 Å². The van der Waals surface area contributed by atoms with Gasteiger partial charge in [-0.05, 0) is 36.6 Å². The molecule has 2 rings (SSSR count). The van der Waals surface area contributed by atoms with Crippen molar-refractivity contribution in [3.8, 4) is 5.75 Å². The summed E-state index contributed by atoms with van der Waals surface area (Å²) >= 11 is 0. The molecule has 0 aliphatic rings. The molecule has 0 N–H and O–H groups in total. The van der Waals surface area contributed by atoms with Crippen molar-refractivity contribution in [1.29, 1.82) is 0 Å². The Bertz CT molecular complexity index is 764. The number of hydrogen-bond donors (Lipinski definition) is 0. The summed E-state index contributed by atoms with van der Waals surface area (Å²) in [5.41, 5.74) is 3.83. The number of benzene rings is 1. The number of rotatable bonds is 11. The summed E-state index contributed by atoms with van der Waals surface area (Å²) in [6, 6.07) is 7.98. The summed E-state index contributed by atoms with van der Waals surface area (Å²) in [5, 5.41) is 3.97. The van der Waals surface area contributed by atoms with Gasteiger partial charge in [-0.25, -0.2) is 4.98 Å². The highest BCUT2D eigenvalue weighted by molar-refractivity contribution is 5.84. The molecule has 1 aromatic heterocycles. The van der Waals surface area contributed by atoms with E-state index in [0.717, 1.165) is 53.4 Å². The highest BCUT2D eigenvalue weighted by Gasteiger charge is 2.16. The van der Waals surface area contributed by atoms with E-state index in [1.165, 1.54) is 7.11 Å². The Hall–Kier alpha value is -2.60. The smallest absolute Gasteiger partial charge is 0.188 e. The lowest BCUT2D eigenvalue weighted by atomic mass is 10.2. The minimum absolute atomic E-state index is 0.238. The zero-order chi connectivity index (χ0) is 19.6. The van der Waals surface area contributed by atoms with Crippen LogP contribution in [0.3, 0.4) is 0 Å². The maximum atomic E-state index is 5.46. The zero-order valence-corrected chi connectivity index (χ0v) is 16.7. The van der Waals surface area contributed by atoms with Crippen LogP contribution < -0.4 is 4.74 Å². The Morgan fingerprint density at radius 2 is 2.00 bits per heavy atom. The van der Waals surface area contributed by atoms with Gasteiger partial charge < -0.3 is 18.9 Å². The van der Waals surface area contributed by atoms with Crippen molar-refractivity contribution < 1.29 is 14.3 Å². The third-order valence-corrected chi connectivity index (χ3v) is 4.13. The van der Waals surface area contributed by atoms with Crippen LogP contribution in [-0.2, 0) is 22.5 Å². The number of nitrogens with zero attached hydrogens (tertiary/aromatic N) is 3. The molecule has 6 heteroatoms. The molecule has 0 saturated carbocycles. The van der Waals surface area contributed by atoms with E-state index in [-0.39, 0.29) is 6.79 Å². The van der Waals surface area contributed by atoms with E-state index in [0.29, 0.717) is 6.54 Å². The highest BCUT2D eigenvalue weighted by atomic mass is 16.7. The lowest BCUT2D eigenvalue weighted by Gasteiger charge is -2.11. The number of hydrogen-bond acceptors (Lipinski definition) is 5. The molecule has 0 aliphatic carbocycles. The van der Waals surface area contributed by atoms with Gasteiger partial charge >= 0.3 is 0 Å². The van der Waals surface area contributed by atoms with E-state index in [1.807, 2.05) is 31.2 Å². The van der Waals surface area contributed by atoms with Crippen LogP contribution in [0.1, 0.15) is 49.5 Å². The second-order valence-electron chi connectivity index (χ2n) is 6.34.